The molecule has 4 nitrogen and oxygen atoms in total. The van der Waals surface area contributed by atoms with Crippen LogP contribution < -0.4 is 10.5 Å². The van der Waals surface area contributed by atoms with Gasteiger partial charge in [0.2, 0.25) is 5.91 Å². The van der Waals surface area contributed by atoms with Crippen molar-refractivity contribution in [3.05, 3.63) is 29.8 Å². The molecule has 1 amide bonds. The summed E-state index contributed by atoms with van der Waals surface area (Å²) in [6, 6.07) is 7.99. The maximum atomic E-state index is 12.2. The van der Waals surface area contributed by atoms with Crippen molar-refractivity contribution in [3.63, 3.8) is 0 Å². The van der Waals surface area contributed by atoms with E-state index in [1.807, 2.05) is 52.1 Å². The summed E-state index contributed by atoms with van der Waals surface area (Å²) < 4.78 is 5.34. The van der Waals surface area contributed by atoms with Gasteiger partial charge in [0.25, 0.3) is 0 Å². The van der Waals surface area contributed by atoms with Crippen LogP contribution in [0.2, 0.25) is 0 Å². The third kappa shape index (κ3) is 4.85. The Morgan fingerprint density at radius 2 is 2.00 bits per heavy atom. The highest BCUT2D eigenvalue weighted by Crippen LogP contribution is 2.20. The standard InChI is InChI=1S/C16H26N2O2/c1-12(18(4)15(19)11-16(2,3)17)10-13-8-6-7-9-14(13)20-5/h6-9,12H,10-11,17H2,1-5H3. The molecule has 0 aliphatic rings. The van der Waals surface area contributed by atoms with Crippen molar-refractivity contribution in [3.8, 4) is 5.75 Å². The Labute approximate surface area is 121 Å². The van der Waals surface area contributed by atoms with Gasteiger partial charge < -0.3 is 15.4 Å². The number of ether oxygens (including phenoxy) is 1. The molecule has 1 aromatic rings. The van der Waals surface area contributed by atoms with E-state index < -0.39 is 5.54 Å². The molecule has 1 atom stereocenters. The summed E-state index contributed by atoms with van der Waals surface area (Å²) in [4.78, 5) is 13.9. The van der Waals surface area contributed by atoms with Crippen LogP contribution in [0.5, 0.6) is 5.75 Å². The van der Waals surface area contributed by atoms with E-state index in [0.717, 1.165) is 17.7 Å². The molecule has 0 aliphatic heterocycles. The highest BCUT2D eigenvalue weighted by Gasteiger charge is 2.22. The molecule has 0 radical (unpaired) electrons. The van der Waals surface area contributed by atoms with E-state index in [2.05, 4.69) is 0 Å². The second kappa shape index (κ2) is 6.75. The van der Waals surface area contributed by atoms with Crippen LogP contribution in [0.3, 0.4) is 0 Å². The van der Waals surface area contributed by atoms with Crippen molar-refractivity contribution < 1.29 is 9.53 Å². The highest BCUT2D eigenvalue weighted by molar-refractivity contribution is 5.77. The van der Waals surface area contributed by atoms with Gasteiger partial charge in [-0.05, 0) is 38.8 Å². The Morgan fingerprint density at radius 1 is 1.40 bits per heavy atom. The number of carbonyl (C=O) groups excluding carboxylic acids is 1. The molecule has 112 valence electrons. The molecule has 0 saturated heterocycles. The van der Waals surface area contributed by atoms with Crippen LogP contribution in [-0.4, -0.2) is 36.5 Å². The van der Waals surface area contributed by atoms with Crippen molar-refractivity contribution in [1.29, 1.82) is 0 Å². The third-order valence-corrected chi connectivity index (χ3v) is 3.37. The Kier molecular flexibility index (Phi) is 5.57. The minimum absolute atomic E-state index is 0.0693. The number of para-hydroxylation sites is 1. The van der Waals surface area contributed by atoms with E-state index in [0.29, 0.717) is 6.42 Å². The van der Waals surface area contributed by atoms with Crippen LogP contribution in [-0.2, 0) is 11.2 Å². The molecular weight excluding hydrogens is 252 g/mol. The van der Waals surface area contributed by atoms with Gasteiger partial charge in [-0.25, -0.2) is 0 Å². The summed E-state index contributed by atoms with van der Waals surface area (Å²) in [5, 5.41) is 0. The number of hydrogen-bond donors (Lipinski definition) is 1. The van der Waals surface area contributed by atoms with Crippen molar-refractivity contribution >= 4 is 5.91 Å². The average molecular weight is 278 g/mol. The fourth-order valence-corrected chi connectivity index (χ4v) is 2.09. The van der Waals surface area contributed by atoms with Gasteiger partial charge >= 0.3 is 0 Å². The van der Waals surface area contributed by atoms with Crippen LogP contribution in [0.15, 0.2) is 24.3 Å². The number of nitrogens with two attached hydrogens (primary N) is 1. The molecular formula is C16H26N2O2. The molecule has 0 saturated carbocycles. The first-order chi connectivity index (χ1) is 9.24. The van der Waals surface area contributed by atoms with Crippen molar-refractivity contribution in [2.45, 2.75) is 45.2 Å². The fraction of sp³-hybridized carbons (Fsp3) is 0.562. The van der Waals surface area contributed by atoms with Crippen LogP contribution in [0.1, 0.15) is 32.8 Å². The molecule has 0 aliphatic carbocycles. The second-order valence-corrected chi connectivity index (χ2v) is 6.03. The number of benzene rings is 1. The summed E-state index contributed by atoms with van der Waals surface area (Å²) in [5.74, 6) is 0.930. The molecule has 2 N–H and O–H groups in total. The van der Waals surface area contributed by atoms with Crippen LogP contribution >= 0.6 is 0 Å². The molecule has 0 bridgehead atoms. The lowest BCUT2D eigenvalue weighted by molar-refractivity contribution is -0.132. The molecule has 0 aromatic heterocycles. The maximum Gasteiger partial charge on any atom is 0.224 e. The zero-order chi connectivity index (χ0) is 15.3. The predicted octanol–water partition coefficient (Wildman–Crippen LogP) is 2.21. The van der Waals surface area contributed by atoms with Gasteiger partial charge in [0.1, 0.15) is 5.75 Å². The van der Waals surface area contributed by atoms with E-state index in [1.165, 1.54) is 0 Å². The van der Waals surface area contributed by atoms with Gasteiger partial charge in [-0.15, -0.1) is 0 Å². The first-order valence-corrected chi connectivity index (χ1v) is 6.91. The molecule has 0 fully saturated rings. The Bertz CT molecular complexity index is 452. The number of carbonyl (C=O) groups is 1. The second-order valence-electron chi connectivity index (χ2n) is 6.03. The van der Waals surface area contributed by atoms with Gasteiger partial charge in [0, 0.05) is 25.0 Å². The lowest BCUT2D eigenvalue weighted by Crippen LogP contribution is -2.43. The van der Waals surface area contributed by atoms with Crippen LogP contribution in [0.25, 0.3) is 0 Å². The maximum absolute atomic E-state index is 12.2. The first-order valence-electron chi connectivity index (χ1n) is 6.91. The van der Waals surface area contributed by atoms with Crippen LogP contribution in [0, 0.1) is 0 Å². The summed E-state index contributed by atoms with van der Waals surface area (Å²) in [6.07, 6.45) is 1.11. The molecule has 1 rings (SSSR count). The number of rotatable bonds is 6. The zero-order valence-corrected chi connectivity index (χ0v) is 13.1. The third-order valence-electron chi connectivity index (χ3n) is 3.37. The topological polar surface area (TPSA) is 55.6 Å². The van der Waals surface area contributed by atoms with Crippen molar-refractivity contribution in [1.82, 2.24) is 4.90 Å². The average Bonchev–Trinajstić information content (AvgIpc) is 2.36. The molecule has 0 spiro atoms. The number of nitrogens with zero attached hydrogens (tertiary/aromatic N) is 1. The summed E-state index contributed by atoms with van der Waals surface area (Å²) in [6.45, 7) is 5.76. The Morgan fingerprint density at radius 3 is 2.55 bits per heavy atom. The van der Waals surface area contributed by atoms with E-state index in [1.54, 1.807) is 12.0 Å². The summed E-state index contributed by atoms with van der Waals surface area (Å²) >= 11 is 0. The zero-order valence-electron chi connectivity index (χ0n) is 13.1. The normalized spacial score (nSPS) is 12.9. The fourth-order valence-electron chi connectivity index (χ4n) is 2.09. The largest absolute Gasteiger partial charge is 0.496 e. The monoisotopic (exact) mass is 278 g/mol. The molecule has 0 heterocycles. The number of likely N-dealkylation sites (N-methyl/N-ethyl adjacent to an activating group) is 1. The minimum atomic E-state index is -0.477. The van der Waals surface area contributed by atoms with E-state index >= 15 is 0 Å². The minimum Gasteiger partial charge on any atom is -0.496 e. The highest BCUT2D eigenvalue weighted by atomic mass is 16.5. The number of amides is 1. The molecule has 4 heteroatoms. The Hall–Kier alpha value is -1.55. The quantitative estimate of drug-likeness (QED) is 0.868. The summed E-state index contributed by atoms with van der Waals surface area (Å²) in [7, 11) is 3.49. The van der Waals surface area contributed by atoms with Gasteiger partial charge in [0.15, 0.2) is 0 Å². The Balaban J connectivity index is 2.70. The van der Waals surface area contributed by atoms with Crippen molar-refractivity contribution in [2.75, 3.05) is 14.2 Å². The molecule has 1 unspecified atom stereocenters. The van der Waals surface area contributed by atoms with E-state index in [4.69, 9.17) is 10.5 Å². The van der Waals surface area contributed by atoms with Crippen molar-refractivity contribution in [2.24, 2.45) is 5.73 Å². The summed E-state index contributed by atoms with van der Waals surface area (Å²) in [5.41, 5.74) is 6.53. The SMILES string of the molecule is COc1ccccc1CC(C)N(C)C(=O)CC(C)(C)N. The lowest BCUT2D eigenvalue weighted by atomic mass is 10.00. The smallest absolute Gasteiger partial charge is 0.224 e. The first kappa shape index (κ1) is 16.5. The van der Waals surface area contributed by atoms with Gasteiger partial charge in [0.05, 0.1) is 7.11 Å². The van der Waals surface area contributed by atoms with E-state index in [-0.39, 0.29) is 11.9 Å². The van der Waals surface area contributed by atoms with Gasteiger partial charge in [-0.2, -0.15) is 0 Å². The van der Waals surface area contributed by atoms with Gasteiger partial charge in [-0.1, -0.05) is 18.2 Å². The number of methoxy groups -OCH3 is 1. The van der Waals surface area contributed by atoms with Gasteiger partial charge in [-0.3, -0.25) is 4.79 Å². The van der Waals surface area contributed by atoms with E-state index in [9.17, 15) is 4.79 Å². The molecule has 1 aromatic carbocycles. The number of hydrogen-bond acceptors (Lipinski definition) is 3. The lowest BCUT2D eigenvalue weighted by Gasteiger charge is -2.28. The van der Waals surface area contributed by atoms with Crippen LogP contribution in [0.4, 0.5) is 0 Å². The molecule has 20 heavy (non-hydrogen) atoms. The predicted molar refractivity (Wildman–Crippen MR) is 81.8 cm³/mol.